The topological polar surface area (TPSA) is 112 Å². The Kier molecular flexibility index (Phi) is 5.38. The summed E-state index contributed by atoms with van der Waals surface area (Å²) in [5, 5.41) is 2.67. The van der Waals surface area contributed by atoms with Gasteiger partial charge in [-0.15, -0.1) is 0 Å². The zero-order valence-electron chi connectivity index (χ0n) is 17.1. The molecular formula is C21H22N2O6S2. The van der Waals surface area contributed by atoms with Crippen LogP contribution in [0.15, 0.2) is 40.6 Å². The molecule has 8 nitrogen and oxygen atoms in total. The second kappa shape index (κ2) is 7.76. The Bertz CT molecular complexity index is 1170. The molecule has 0 radical (unpaired) electrons. The number of cyclic esters (lactones) is 1. The Morgan fingerprint density at radius 2 is 2.10 bits per heavy atom. The highest BCUT2D eigenvalue weighted by molar-refractivity contribution is 7.89. The summed E-state index contributed by atoms with van der Waals surface area (Å²) in [6.07, 6.45) is 1.92. The van der Waals surface area contributed by atoms with Crippen molar-refractivity contribution >= 4 is 38.5 Å². The Morgan fingerprint density at radius 3 is 2.77 bits per heavy atom. The van der Waals surface area contributed by atoms with E-state index < -0.39 is 15.5 Å². The van der Waals surface area contributed by atoms with Crippen molar-refractivity contribution in [1.82, 2.24) is 4.98 Å². The lowest BCUT2D eigenvalue weighted by atomic mass is 9.75. The molecule has 1 aliphatic carbocycles. The van der Waals surface area contributed by atoms with Crippen molar-refractivity contribution in [2.45, 2.75) is 37.3 Å². The molecular weight excluding hydrogens is 440 g/mol. The number of carbonyl (C=O) groups is 2. The van der Waals surface area contributed by atoms with Crippen molar-refractivity contribution in [3.8, 4) is 5.75 Å². The van der Waals surface area contributed by atoms with Gasteiger partial charge in [-0.25, -0.2) is 4.98 Å². The van der Waals surface area contributed by atoms with Gasteiger partial charge < -0.3 is 14.2 Å². The van der Waals surface area contributed by atoms with Crippen molar-refractivity contribution in [3.05, 3.63) is 47.7 Å². The molecule has 10 heteroatoms. The molecule has 2 atom stereocenters. The second-order valence-corrected chi connectivity index (χ2v) is 10.8. The molecule has 1 amide bonds. The van der Waals surface area contributed by atoms with Gasteiger partial charge >= 0.3 is 16.1 Å². The van der Waals surface area contributed by atoms with Crippen molar-refractivity contribution in [2.75, 3.05) is 11.9 Å². The van der Waals surface area contributed by atoms with Crippen LogP contribution in [0.1, 0.15) is 31.0 Å². The Hall–Kier alpha value is -2.72. The molecule has 31 heavy (non-hydrogen) atoms. The van der Waals surface area contributed by atoms with Crippen LogP contribution in [0.5, 0.6) is 5.75 Å². The monoisotopic (exact) mass is 462 g/mol. The van der Waals surface area contributed by atoms with Gasteiger partial charge in [-0.2, -0.15) is 8.42 Å². The number of thiazole rings is 1. The van der Waals surface area contributed by atoms with E-state index in [4.69, 9.17) is 8.92 Å². The van der Waals surface area contributed by atoms with Gasteiger partial charge in [-0.3, -0.25) is 9.59 Å². The van der Waals surface area contributed by atoms with Crippen LogP contribution in [0.2, 0.25) is 0 Å². The Morgan fingerprint density at radius 1 is 1.39 bits per heavy atom. The summed E-state index contributed by atoms with van der Waals surface area (Å²) in [6, 6.07) is 6.64. The van der Waals surface area contributed by atoms with Crippen LogP contribution < -0.4 is 9.50 Å². The highest BCUT2D eigenvalue weighted by atomic mass is 32.3. The van der Waals surface area contributed by atoms with Crippen molar-refractivity contribution < 1.29 is 26.9 Å². The molecule has 2 unspecified atom stereocenters. The molecule has 0 spiro atoms. The number of nitrogens with zero attached hydrogens (tertiary/aromatic N) is 1. The van der Waals surface area contributed by atoms with Crippen LogP contribution in [0, 0.1) is 18.3 Å². The number of aryl methyl sites for hydroxylation is 1. The molecule has 2 heterocycles. The lowest BCUT2D eigenvalue weighted by Crippen LogP contribution is -2.31. The van der Waals surface area contributed by atoms with Gasteiger partial charge in [0.1, 0.15) is 5.75 Å². The highest BCUT2D eigenvalue weighted by Gasteiger charge is 2.55. The average Bonchev–Trinajstić information content (AvgIpc) is 3.29. The van der Waals surface area contributed by atoms with Crippen molar-refractivity contribution in [2.24, 2.45) is 11.3 Å². The van der Waals surface area contributed by atoms with Gasteiger partial charge in [0.05, 0.1) is 17.7 Å². The molecule has 1 aliphatic heterocycles. The predicted molar refractivity (Wildman–Crippen MR) is 114 cm³/mol. The first kappa shape index (κ1) is 21.5. The summed E-state index contributed by atoms with van der Waals surface area (Å²) in [5.41, 5.74) is 1.62. The van der Waals surface area contributed by atoms with E-state index in [1.807, 2.05) is 0 Å². The standard InChI is InChI=1S/C21H22N2O6S2/c1-12-8-16-11-28-19(25)21(16,9-12)10-15-4-6-17(7-5-15)29-31(26,27)18-13(2)22-20(30-18)23-14(3)24/h4-7,16H,1,8-11H2,2-3H3,(H,22,23,24). The average molecular weight is 463 g/mol. The lowest BCUT2D eigenvalue weighted by molar-refractivity contribution is -0.146. The van der Waals surface area contributed by atoms with Crippen LogP contribution in [-0.2, 0) is 30.9 Å². The molecule has 0 bridgehead atoms. The number of hydrogen-bond donors (Lipinski definition) is 1. The molecule has 2 fully saturated rings. The fourth-order valence-electron chi connectivity index (χ4n) is 4.27. The molecule has 1 aromatic carbocycles. The van der Waals surface area contributed by atoms with Gasteiger partial charge in [0, 0.05) is 12.8 Å². The first-order valence-electron chi connectivity index (χ1n) is 9.71. The molecule has 1 aromatic heterocycles. The number of anilines is 1. The number of allylic oxidation sites excluding steroid dienone is 1. The number of carbonyl (C=O) groups excluding carboxylic acids is 2. The second-order valence-electron chi connectivity index (χ2n) is 8.01. The van der Waals surface area contributed by atoms with Crippen molar-refractivity contribution in [1.29, 1.82) is 0 Å². The van der Waals surface area contributed by atoms with Crippen molar-refractivity contribution in [3.63, 3.8) is 0 Å². The first-order chi connectivity index (χ1) is 14.6. The minimum absolute atomic E-state index is 0.0692. The predicted octanol–water partition coefficient (Wildman–Crippen LogP) is 3.23. The van der Waals surface area contributed by atoms with Crippen LogP contribution in [-0.4, -0.2) is 31.9 Å². The van der Waals surface area contributed by atoms with Gasteiger partial charge in [0.2, 0.25) is 5.91 Å². The number of nitrogens with one attached hydrogen (secondary N) is 1. The molecule has 1 N–H and O–H groups in total. The Labute approximate surface area is 184 Å². The molecule has 1 saturated heterocycles. The number of amides is 1. The molecule has 4 rings (SSSR count). The maximum Gasteiger partial charge on any atom is 0.350 e. The third-order valence-electron chi connectivity index (χ3n) is 5.62. The van der Waals surface area contributed by atoms with E-state index in [1.54, 1.807) is 24.3 Å². The number of fused-ring (bicyclic) bond motifs is 1. The lowest BCUT2D eigenvalue weighted by Gasteiger charge is -2.24. The number of benzene rings is 1. The summed E-state index contributed by atoms with van der Waals surface area (Å²) in [4.78, 5) is 27.7. The quantitative estimate of drug-likeness (QED) is 0.398. The third kappa shape index (κ3) is 4.09. The van der Waals surface area contributed by atoms with Crippen LogP contribution in [0.25, 0.3) is 0 Å². The van der Waals surface area contributed by atoms with Gasteiger partial charge in [0.25, 0.3) is 0 Å². The largest absolute Gasteiger partial charge is 0.465 e. The van der Waals surface area contributed by atoms with Gasteiger partial charge in [-0.05, 0) is 43.9 Å². The summed E-state index contributed by atoms with van der Waals surface area (Å²) >= 11 is 0.833. The van der Waals surface area contributed by atoms with E-state index in [9.17, 15) is 18.0 Å². The zero-order valence-corrected chi connectivity index (χ0v) is 18.8. The van der Waals surface area contributed by atoms with E-state index in [0.29, 0.717) is 19.4 Å². The fraction of sp³-hybridized carbons (Fsp3) is 0.381. The van der Waals surface area contributed by atoms with E-state index in [-0.39, 0.29) is 38.6 Å². The van der Waals surface area contributed by atoms with E-state index in [0.717, 1.165) is 28.9 Å². The molecule has 1 saturated carbocycles. The summed E-state index contributed by atoms with van der Waals surface area (Å²) in [7, 11) is -4.11. The van der Waals surface area contributed by atoms with Gasteiger partial charge in [0.15, 0.2) is 9.34 Å². The number of rotatable bonds is 6. The first-order valence-corrected chi connectivity index (χ1v) is 11.9. The van der Waals surface area contributed by atoms with E-state index in [1.165, 1.54) is 13.8 Å². The number of ether oxygens (including phenoxy) is 1. The number of aromatic nitrogens is 1. The summed E-state index contributed by atoms with van der Waals surface area (Å²) < 4.78 is 35.8. The highest BCUT2D eigenvalue weighted by Crippen LogP contribution is 2.52. The smallest absolute Gasteiger partial charge is 0.350 e. The van der Waals surface area contributed by atoms with Gasteiger partial charge in [-0.1, -0.05) is 35.6 Å². The summed E-state index contributed by atoms with van der Waals surface area (Å²) in [5.74, 6) is -0.241. The molecule has 2 aliphatic rings. The SMILES string of the molecule is C=C1CC2COC(=O)C2(Cc2ccc(OS(=O)(=O)c3sc(NC(C)=O)nc3C)cc2)C1. The third-order valence-corrected chi connectivity index (χ3v) is 8.51. The number of hydrogen-bond acceptors (Lipinski definition) is 8. The Balaban J connectivity index is 1.50. The number of esters is 1. The minimum Gasteiger partial charge on any atom is -0.465 e. The summed E-state index contributed by atoms with van der Waals surface area (Å²) in [6.45, 7) is 7.32. The molecule has 2 aromatic rings. The minimum atomic E-state index is -4.11. The zero-order chi connectivity index (χ0) is 22.4. The van der Waals surface area contributed by atoms with E-state index in [2.05, 4.69) is 16.9 Å². The van der Waals surface area contributed by atoms with E-state index >= 15 is 0 Å². The normalized spacial score (nSPS) is 22.8. The maximum absolute atomic E-state index is 12.7. The molecule has 164 valence electrons. The van der Waals surface area contributed by atoms with Crippen LogP contribution >= 0.6 is 11.3 Å². The fourth-order valence-corrected chi connectivity index (χ4v) is 6.61. The van der Waals surface area contributed by atoms with Crippen LogP contribution in [0.3, 0.4) is 0 Å². The maximum atomic E-state index is 12.7. The van der Waals surface area contributed by atoms with Crippen LogP contribution in [0.4, 0.5) is 5.13 Å².